The normalized spacial score (nSPS) is 16.4. The molecule has 1 atom stereocenters. The summed E-state index contributed by atoms with van der Waals surface area (Å²) >= 11 is 0. The van der Waals surface area contributed by atoms with Crippen LogP contribution in [0, 0.1) is 19.8 Å². The number of nitrogens with zero attached hydrogens (tertiary/aromatic N) is 1. The number of amides is 1. The fourth-order valence-electron chi connectivity index (χ4n) is 3.53. The van der Waals surface area contributed by atoms with E-state index in [9.17, 15) is 13.2 Å². The second-order valence-corrected chi connectivity index (χ2v) is 9.46. The van der Waals surface area contributed by atoms with Crippen LogP contribution in [0.15, 0.2) is 17.0 Å². The van der Waals surface area contributed by atoms with Crippen molar-refractivity contribution < 1.29 is 17.9 Å². The molecule has 6 nitrogen and oxygen atoms in total. The van der Waals surface area contributed by atoms with Gasteiger partial charge < -0.3 is 9.64 Å². The zero-order valence-electron chi connectivity index (χ0n) is 17.0. The molecule has 1 amide bonds. The van der Waals surface area contributed by atoms with E-state index in [1.807, 2.05) is 20.8 Å². The molecule has 2 rings (SSSR count). The second-order valence-electron chi connectivity index (χ2n) is 7.78. The van der Waals surface area contributed by atoms with Gasteiger partial charge >= 0.3 is 0 Å². The summed E-state index contributed by atoms with van der Waals surface area (Å²) in [4.78, 5) is 15.0. The lowest BCUT2D eigenvalue weighted by Crippen LogP contribution is -2.50. The smallest absolute Gasteiger partial charge is 0.241 e. The van der Waals surface area contributed by atoms with Gasteiger partial charge in [0.2, 0.25) is 15.9 Å². The van der Waals surface area contributed by atoms with Gasteiger partial charge in [-0.05, 0) is 68.7 Å². The highest BCUT2D eigenvalue weighted by atomic mass is 32.2. The molecule has 1 aliphatic rings. The molecule has 1 N–H and O–H groups in total. The van der Waals surface area contributed by atoms with Crippen molar-refractivity contribution >= 4 is 15.9 Å². The number of rotatable bonds is 7. The second kappa shape index (κ2) is 9.06. The highest BCUT2D eigenvalue weighted by Crippen LogP contribution is 2.26. The molecule has 1 heterocycles. The molecule has 0 spiro atoms. The lowest BCUT2D eigenvalue weighted by Gasteiger charge is -2.31. The fourth-order valence-corrected chi connectivity index (χ4v) is 5.04. The maximum absolute atomic E-state index is 13.1. The van der Waals surface area contributed by atoms with Gasteiger partial charge in [0, 0.05) is 13.1 Å². The number of piperidine rings is 1. The molecule has 27 heavy (non-hydrogen) atoms. The number of carbonyl (C=O) groups excluding carboxylic acids is 1. The molecule has 7 heteroatoms. The van der Waals surface area contributed by atoms with E-state index in [1.165, 1.54) is 0 Å². The number of methoxy groups -OCH3 is 1. The Morgan fingerprint density at radius 1 is 1.15 bits per heavy atom. The number of hydrogen-bond donors (Lipinski definition) is 1. The molecular weight excluding hydrogens is 364 g/mol. The molecule has 1 saturated heterocycles. The van der Waals surface area contributed by atoms with Gasteiger partial charge in [0.25, 0.3) is 0 Å². The van der Waals surface area contributed by atoms with Crippen LogP contribution in [0.2, 0.25) is 0 Å². The van der Waals surface area contributed by atoms with Gasteiger partial charge in [-0.15, -0.1) is 0 Å². The number of ether oxygens (including phenoxy) is 1. The molecule has 0 saturated carbocycles. The minimum absolute atomic E-state index is 0.116. The topological polar surface area (TPSA) is 75.7 Å². The summed E-state index contributed by atoms with van der Waals surface area (Å²) in [6.07, 6.45) is 3.55. The molecule has 0 aromatic heterocycles. The van der Waals surface area contributed by atoms with E-state index in [-0.39, 0.29) is 16.7 Å². The zero-order valence-corrected chi connectivity index (χ0v) is 17.9. The molecule has 0 aliphatic carbocycles. The van der Waals surface area contributed by atoms with E-state index in [0.717, 1.165) is 24.8 Å². The number of nitrogens with one attached hydrogen (secondary N) is 1. The van der Waals surface area contributed by atoms with Gasteiger partial charge in [-0.1, -0.05) is 13.8 Å². The standard InChI is InChI=1S/C20H32N2O4S/c1-14(2)11-17(20(23)22-9-7-6-8-10-22)21-27(24,25)19-13-15(3)18(26-5)12-16(19)4/h12-14,17,21H,6-11H2,1-5H3/t17-/m0/s1. The van der Waals surface area contributed by atoms with Crippen LogP contribution in [0.5, 0.6) is 5.75 Å². The van der Waals surface area contributed by atoms with Crippen LogP contribution in [-0.2, 0) is 14.8 Å². The fraction of sp³-hybridized carbons (Fsp3) is 0.650. The van der Waals surface area contributed by atoms with Crippen molar-refractivity contribution in [2.75, 3.05) is 20.2 Å². The number of benzene rings is 1. The van der Waals surface area contributed by atoms with E-state index < -0.39 is 16.1 Å². The van der Waals surface area contributed by atoms with Gasteiger partial charge in [0.15, 0.2) is 0 Å². The Morgan fingerprint density at radius 2 is 1.78 bits per heavy atom. The Hall–Kier alpha value is -1.60. The quantitative estimate of drug-likeness (QED) is 0.769. The highest BCUT2D eigenvalue weighted by molar-refractivity contribution is 7.89. The monoisotopic (exact) mass is 396 g/mol. The van der Waals surface area contributed by atoms with Gasteiger partial charge in [0.05, 0.1) is 12.0 Å². The first-order valence-electron chi connectivity index (χ1n) is 9.62. The minimum atomic E-state index is -3.82. The predicted molar refractivity (Wildman–Crippen MR) is 106 cm³/mol. The van der Waals surface area contributed by atoms with E-state index in [2.05, 4.69) is 4.72 Å². The SMILES string of the molecule is COc1cc(C)c(S(=O)(=O)N[C@@H](CC(C)C)C(=O)N2CCCCC2)cc1C. The van der Waals surface area contributed by atoms with Crippen molar-refractivity contribution in [2.45, 2.75) is 64.3 Å². The van der Waals surface area contributed by atoms with E-state index >= 15 is 0 Å². The van der Waals surface area contributed by atoms with Crippen molar-refractivity contribution in [3.63, 3.8) is 0 Å². The van der Waals surface area contributed by atoms with Crippen molar-refractivity contribution in [1.29, 1.82) is 0 Å². The van der Waals surface area contributed by atoms with Crippen molar-refractivity contribution in [1.82, 2.24) is 9.62 Å². The summed E-state index contributed by atoms with van der Waals surface area (Å²) in [5.74, 6) is 0.731. The van der Waals surface area contributed by atoms with Crippen LogP contribution in [-0.4, -0.2) is 45.5 Å². The molecule has 1 aliphatic heterocycles. The third kappa shape index (κ3) is 5.45. The highest BCUT2D eigenvalue weighted by Gasteiger charge is 2.31. The Balaban J connectivity index is 2.29. The van der Waals surface area contributed by atoms with Crippen LogP contribution >= 0.6 is 0 Å². The average Bonchev–Trinajstić information content (AvgIpc) is 2.62. The van der Waals surface area contributed by atoms with Crippen molar-refractivity contribution in [3.8, 4) is 5.75 Å². The summed E-state index contributed by atoms with van der Waals surface area (Å²) in [5, 5.41) is 0. The number of carbonyl (C=O) groups is 1. The molecule has 1 aromatic carbocycles. The van der Waals surface area contributed by atoms with Crippen LogP contribution in [0.3, 0.4) is 0 Å². The van der Waals surface area contributed by atoms with E-state index in [0.29, 0.717) is 30.8 Å². The molecule has 0 unspecified atom stereocenters. The van der Waals surface area contributed by atoms with Crippen LogP contribution in [0.4, 0.5) is 0 Å². The summed E-state index contributed by atoms with van der Waals surface area (Å²) in [6, 6.07) is 2.58. The number of hydrogen-bond acceptors (Lipinski definition) is 4. The van der Waals surface area contributed by atoms with E-state index in [1.54, 1.807) is 31.1 Å². The molecule has 152 valence electrons. The number of aryl methyl sites for hydroxylation is 2. The van der Waals surface area contributed by atoms with E-state index in [4.69, 9.17) is 4.74 Å². The van der Waals surface area contributed by atoms with Crippen molar-refractivity contribution in [3.05, 3.63) is 23.3 Å². The van der Waals surface area contributed by atoms with Gasteiger partial charge in [-0.3, -0.25) is 4.79 Å². The third-order valence-electron chi connectivity index (χ3n) is 4.95. The Kier molecular flexibility index (Phi) is 7.28. The maximum atomic E-state index is 13.1. The Bertz CT molecular complexity index is 768. The lowest BCUT2D eigenvalue weighted by molar-refractivity contribution is -0.134. The first kappa shape index (κ1) is 21.7. The summed E-state index contributed by atoms with van der Waals surface area (Å²) in [7, 11) is -2.26. The van der Waals surface area contributed by atoms with Crippen molar-refractivity contribution in [2.24, 2.45) is 5.92 Å². The number of sulfonamides is 1. The maximum Gasteiger partial charge on any atom is 0.241 e. The van der Waals surface area contributed by atoms with Gasteiger partial charge in [0.1, 0.15) is 11.8 Å². The van der Waals surface area contributed by atoms with Crippen LogP contribution < -0.4 is 9.46 Å². The Labute approximate surface area is 163 Å². The largest absolute Gasteiger partial charge is 0.496 e. The average molecular weight is 397 g/mol. The minimum Gasteiger partial charge on any atom is -0.496 e. The van der Waals surface area contributed by atoms with Crippen LogP contribution in [0.25, 0.3) is 0 Å². The first-order chi connectivity index (χ1) is 12.7. The van der Waals surface area contributed by atoms with Crippen LogP contribution in [0.1, 0.15) is 50.7 Å². The lowest BCUT2D eigenvalue weighted by atomic mass is 10.0. The number of likely N-dealkylation sites (tertiary alicyclic amines) is 1. The summed E-state index contributed by atoms with van der Waals surface area (Å²) < 4.78 is 34.1. The Morgan fingerprint density at radius 3 is 2.33 bits per heavy atom. The zero-order chi connectivity index (χ0) is 20.2. The molecular formula is C20H32N2O4S. The molecule has 1 aromatic rings. The third-order valence-corrected chi connectivity index (χ3v) is 6.57. The van der Waals surface area contributed by atoms with Gasteiger partial charge in [-0.2, -0.15) is 4.72 Å². The molecule has 0 bridgehead atoms. The van der Waals surface area contributed by atoms with Gasteiger partial charge in [-0.25, -0.2) is 8.42 Å². The summed E-state index contributed by atoms with van der Waals surface area (Å²) in [6.45, 7) is 8.94. The molecule has 0 radical (unpaired) electrons. The first-order valence-corrected chi connectivity index (χ1v) is 11.1. The molecule has 1 fully saturated rings. The summed E-state index contributed by atoms with van der Waals surface area (Å²) in [5.41, 5.74) is 1.34. The predicted octanol–water partition coefficient (Wildman–Crippen LogP) is 3.02.